The first-order valence-corrected chi connectivity index (χ1v) is 21.3. The molecule has 0 bridgehead atoms. The Balaban J connectivity index is 1.36. The molecule has 7 atom stereocenters. The molecule has 12 nitrogen and oxygen atoms in total. The van der Waals surface area contributed by atoms with E-state index in [1.165, 1.54) is 11.0 Å². The molecular weight excluding hydrogens is 772 g/mol. The van der Waals surface area contributed by atoms with Crippen LogP contribution in [0.5, 0.6) is 11.8 Å². The number of esters is 1. The van der Waals surface area contributed by atoms with E-state index in [2.05, 4.69) is 16.6 Å². The van der Waals surface area contributed by atoms with Crippen molar-refractivity contribution in [3.8, 4) is 11.8 Å². The highest BCUT2D eigenvalue weighted by molar-refractivity contribution is 7.90. The van der Waals surface area contributed by atoms with Crippen LogP contribution in [0.2, 0.25) is 5.02 Å². The van der Waals surface area contributed by atoms with Gasteiger partial charge in [0.2, 0.25) is 33.6 Å². The summed E-state index contributed by atoms with van der Waals surface area (Å²) in [6, 6.07) is 5.29. The number of carbonyl (C=O) groups excluding carboxylic acids is 4. The standard InChI is InChI=1S/C40H50ClF2N3O9S/c1-22(2)54-36(48)17-29-24(4)14-23(3)8-5-6-9-25-18-40(25,39(50)45-56(51,52)27-12-13-27)19-33(47)32-15-26(20-46(32)38(29)49)55-37-28-10-7-11-31(41)30(28)16-35(44-37)53-21-34(42)43/h6-7,9-11,16,22-27,29,32,34H,5,8,12-15,17-21H2,1-4H3,(H,45,50)/b9-6-/t23-,24+,25+,26+,29-,32-,40+/m0/s1. The molecule has 56 heavy (non-hydrogen) atoms. The van der Waals surface area contributed by atoms with E-state index in [0.717, 1.165) is 6.42 Å². The second-order valence-electron chi connectivity index (χ2n) is 16.2. The lowest BCUT2D eigenvalue weighted by atomic mass is 9.82. The number of ether oxygens (including phenoxy) is 3. The van der Waals surface area contributed by atoms with Crippen molar-refractivity contribution in [1.29, 1.82) is 0 Å². The molecule has 1 N–H and O–H groups in total. The van der Waals surface area contributed by atoms with Crippen molar-refractivity contribution in [2.75, 3.05) is 13.2 Å². The fourth-order valence-corrected chi connectivity index (χ4v) is 9.75. The minimum atomic E-state index is -3.91. The zero-order chi connectivity index (χ0) is 40.5. The molecule has 1 aromatic heterocycles. The molecule has 2 aliphatic heterocycles. The molecule has 0 radical (unpaired) electrons. The van der Waals surface area contributed by atoms with Crippen molar-refractivity contribution in [2.24, 2.45) is 29.1 Å². The fourth-order valence-electron chi connectivity index (χ4n) is 8.13. The lowest BCUT2D eigenvalue weighted by Gasteiger charge is -2.32. The molecule has 2 saturated carbocycles. The molecule has 1 aromatic carbocycles. The summed E-state index contributed by atoms with van der Waals surface area (Å²) in [6.07, 6.45) is 2.52. The molecule has 6 rings (SSSR count). The summed E-state index contributed by atoms with van der Waals surface area (Å²) in [5.41, 5.74) is -1.33. The minimum absolute atomic E-state index is 0.00492. The highest BCUT2D eigenvalue weighted by Gasteiger charge is 2.61. The number of pyridine rings is 1. The van der Waals surface area contributed by atoms with Crippen molar-refractivity contribution in [3.05, 3.63) is 41.4 Å². The Morgan fingerprint density at radius 3 is 2.55 bits per heavy atom. The second-order valence-corrected chi connectivity index (χ2v) is 18.6. The number of allylic oxidation sites excluding steroid dienone is 2. The quantitative estimate of drug-likeness (QED) is 0.198. The van der Waals surface area contributed by atoms with Gasteiger partial charge in [-0.2, -0.15) is 4.98 Å². The number of carbonyl (C=O) groups is 4. The first-order valence-electron chi connectivity index (χ1n) is 19.4. The Hall–Kier alpha value is -3.85. The third kappa shape index (κ3) is 9.63. The van der Waals surface area contributed by atoms with Gasteiger partial charge in [0.25, 0.3) is 6.43 Å². The van der Waals surface area contributed by atoms with Gasteiger partial charge < -0.3 is 19.1 Å². The first-order chi connectivity index (χ1) is 26.5. The summed E-state index contributed by atoms with van der Waals surface area (Å²) < 4.78 is 71.4. The number of alkyl halides is 2. The highest BCUT2D eigenvalue weighted by Crippen LogP contribution is 2.57. The number of ketones is 1. The summed E-state index contributed by atoms with van der Waals surface area (Å²) in [6.45, 7) is 6.40. The average molecular weight is 822 g/mol. The largest absolute Gasteiger partial charge is 0.472 e. The van der Waals surface area contributed by atoms with E-state index in [1.54, 1.807) is 32.0 Å². The number of amides is 2. The first kappa shape index (κ1) is 41.8. The van der Waals surface area contributed by atoms with Crippen molar-refractivity contribution in [2.45, 2.75) is 115 Å². The zero-order valence-electron chi connectivity index (χ0n) is 32.0. The molecular formula is C40H50ClF2N3O9S. The van der Waals surface area contributed by atoms with Gasteiger partial charge in [0, 0.05) is 34.7 Å². The van der Waals surface area contributed by atoms with E-state index in [9.17, 15) is 36.4 Å². The summed E-state index contributed by atoms with van der Waals surface area (Å²) in [4.78, 5) is 62.1. The number of fused-ring (bicyclic) bond motifs is 3. The highest BCUT2D eigenvalue weighted by atomic mass is 35.5. The Labute approximate surface area is 331 Å². The lowest BCUT2D eigenvalue weighted by Crippen LogP contribution is -2.47. The van der Waals surface area contributed by atoms with Crippen molar-refractivity contribution < 1.29 is 50.6 Å². The number of halogens is 3. The molecule has 306 valence electrons. The van der Waals surface area contributed by atoms with E-state index < -0.39 is 81.5 Å². The van der Waals surface area contributed by atoms with Crippen LogP contribution < -0.4 is 14.2 Å². The van der Waals surface area contributed by atoms with Crippen LogP contribution in [0.25, 0.3) is 10.8 Å². The van der Waals surface area contributed by atoms with Crippen LogP contribution >= 0.6 is 11.6 Å². The maximum Gasteiger partial charge on any atom is 0.306 e. The molecule has 0 unspecified atom stereocenters. The van der Waals surface area contributed by atoms with Gasteiger partial charge in [0.05, 0.1) is 41.7 Å². The van der Waals surface area contributed by atoms with Crippen LogP contribution in [0, 0.1) is 29.1 Å². The maximum absolute atomic E-state index is 14.8. The molecule has 0 spiro atoms. The van der Waals surface area contributed by atoms with Gasteiger partial charge in [-0.3, -0.25) is 23.9 Å². The Kier molecular flexibility index (Phi) is 12.6. The predicted molar refractivity (Wildman–Crippen MR) is 204 cm³/mol. The molecule has 1 saturated heterocycles. The molecule has 4 aliphatic rings. The van der Waals surface area contributed by atoms with Gasteiger partial charge in [-0.25, -0.2) is 17.2 Å². The van der Waals surface area contributed by atoms with E-state index >= 15 is 0 Å². The van der Waals surface area contributed by atoms with E-state index in [0.29, 0.717) is 41.5 Å². The number of nitrogens with zero attached hydrogens (tertiary/aromatic N) is 2. The predicted octanol–water partition coefficient (Wildman–Crippen LogP) is 6.42. The Morgan fingerprint density at radius 1 is 1.11 bits per heavy atom. The number of hydrogen-bond donors (Lipinski definition) is 1. The van der Waals surface area contributed by atoms with Gasteiger partial charge in [-0.05, 0) is 82.3 Å². The summed E-state index contributed by atoms with van der Waals surface area (Å²) >= 11 is 6.48. The van der Waals surface area contributed by atoms with Crippen molar-refractivity contribution in [3.63, 3.8) is 0 Å². The van der Waals surface area contributed by atoms with Gasteiger partial charge in [0.1, 0.15) is 6.10 Å². The number of benzene rings is 1. The van der Waals surface area contributed by atoms with Gasteiger partial charge >= 0.3 is 5.97 Å². The molecule has 16 heteroatoms. The van der Waals surface area contributed by atoms with Crippen LogP contribution in [0.4, 0.5) is 8.78 Å². The van der Waals surface area contributed by atoms with E-state index in [-0.39, 0.29) is 61.7 Å². The number of aromatic nitrogens is 1. The van der Waals surface area contributed by atoms with Crippen molar-refractivity contribution in [1.82, 2.24) is 14.6 Å². The average Bonchev–Trinajstić information content (AvgIpc) is 4.04. The minimum Gasteiger partial charge on any atom is -0.472 e. The van der Waals surface area contributed by atoms with Crippen LogP contribution in [0.3, 0.4) is 0 Å². The lowest BCUT2D eigenvalue weighted by molar-refractivity contribution is -0.154. The van der Waals surface area contributed by atoms with Gasteiger partial charge in [-0.1, -0.05) is 43.7 Å². The smallest absolute Gasteiger partial charge is 0.306 e. The van der Waals surface area contributed by atoms with Crippen LogP contribution in [-0.4, -0.2) is 84.9 Å². The second kappa shape index (κ2) is 16.9. The molecule has 2 aliphatic carbocycles. The normalized spacial score (nSPS) is 29.3. The number of Topliss-reactive ketones (excluding diaryl/α,β-unsaturated/α-hetero) is 1. The SMILES string of the molecule is CC(C)OC(=O)C[C@@H]1C(=O)N2C[C@H](Oc3nc(OCC(F)F)cc4c(Cl)cccc34)C[C@H]2C(=O)C[C@]2(C(=O)NS(=O)(=O)C3CC3)C[C@H]2/C=C\CC[C@H](C)C[C@H]1C. The molecule has 2 aromatic rings. The van der Waals surface area contributed by atoms with Crippen LogP contribution in [0.15, 0.2) is 36.4 Å². The third-order valence-corrected chi connectivity index (χ3v) is 13.5. The Morgan fingerprint density at radius 2 is 1.86 bits per heavy atom. The third-order valence-electron chi connectivity index (χ3n) is 11.3. The number of rotatable bonds is 11. The molecule has 2 amide bonds. The van der Waals surface area contributed by atoms with Crippen molar-refractivity contribution >= 4 is 56.0 Å². The number of nitrogens with one attached hydrogen (secondary N) is 1. The summed E-state index contributed by atoms with van der Waals surface area (Å²) in [7, 11) is -3.91. The van der Waals surface area contributed by atoms with E-state index in [4.69, 9.17) is 25.8 Å². The van der Waals surface area contributed by atoms with Crippen LogP contribution in [0.1, 0.15) is 85.5 Å². The topological polar surface area (TPSA) is 158 Å². The number of sulfonamides is 1. The molecule has 3 fully saturated rings. The summed E-state index contributed by atoms with van der Waals surface area (Å²) in [5.74, 6) is -3.69. The van der Waals surface area contributed by atoms with Gasteiger partial charge in [-0.15, -0.1) is 0 Å². The van der Waals surface area contributed by atoms with E-state index in [1.807, 2.05) is 19.1 Å². The van der Waals surface area contributed by atoms with Gasteiger partial charge in [0.15, 0.2) is 12.4 Å². The summed E-state index contributed by atoms with van der Waals surface area (Å²) in [5, 5.41) is 0.523. The monoisotopic (exact) mass is 821 g/mol. The Bertz CT molecular complexity index is 1980. The maximum atomic E-state index is 14.8. The fraction of sp³-hybridized carbons (Fsp3) is 0.625. The van der Waals surface area contributed by atoms with Crippen LogP contribution in [-0.2, 0) is 33.9 Å². The number of hydrogen-bond acceptors (Lipinski definition) is 10. The molecule has 3 heterocycles. The zero-order valence-corrected chi connectivity index (χ0v) is 33.6.